The van der Waals surface area contributed by atoms with E-state index in [-0.39, 0.29) is 30.5 Å². The van der Waals surface area contributed by atoms with Gasteiger partial charge in [0.15, 0.2) is 0 Å². The van der Waals surface area contributed by atoms with Crippen LogP contribution in [0.5, 0.6) is 0 Å². The molecule has 2 aromatic rings. The quantitative estimate of drug-likeness (QED) is 0.745. The molecule has 2 unspecified atom stereocenters. The molecular formula is C21H27ClN2O2. The Balaban J connectivity index is 0.00000243. The number of hydrogen-bond acceptors (Lipinski definition) is 3. The lowest BCUT2D eigenvalue weighted by atomic mass is 9.99. The van der Waals surface area contributed by atoms with Crippen LogP contribution in [0.3, 0.4) is 0 Å². The number of amides is 1. The molecule has 1 fully saturated rings. The minimum Gasteiger partial charge on any atom is -0.377 e. The molecule has 0 aromatic heterocycles. The molecule has 2 N–H and O–H groups in total. The summed E-state index contributed by atoms with van der Waals surface area (Å²) in [5.74, 6) is 0.0165. The summed E-state index contributed by atoms with van der Waals surface area (Å²) < 4.78 is 5.57. The van der Waals surface area contributed by atoms with Crippen LogP contribution in [-0.2, 0) is 16.0 Å². The molecule has 5 heteroatoms. The van der Waals surface area contributed by atoms with E-state index >= 15 is 0 Å². The fourth-order valence-corrected chi connectivity index (χ4v) is 3.18. The predicted octanol–water partition coefficient (Wildman–Crippen LogP) is 3.28. The summed E-state index contributed by atoms with van der Waals surface area (Å²) in [7, 11) is 0. The first-order valence-electron chi connectivity index (χ1n) is 9.02. The first-order valence-corrected chi connectivity index (χ1v) is 9.02. The summed E-state index contributed by atoms with van der Waals surface area (Å²) in [6.45, 7) is 1.89. The zero-order valence-electron chi connectivity index (χ0n) is 14.9. The molecule has 3 rings (SSSR count). The minimum absolute atomic E-state index is 0. The molecule has 0 aliphatic carbocycles. The number of rotatable bonds is 8. The van der Waals surface area contributed by atoms with E-state index in [9.17, 15) is 4.79 Å². The van der Waals surface area contributed by atoms with Crippen molar-refractivity contribution in [2.75, 3.05) is 19.7 Å². The van der Waals surface area contributed by atoms with E-state index in [2.05, 4.69) is 34.9 Å². The SMILES string of the molecule is Cl.O=C(CNCC1CCCO1)NC(Cc1ccccc1)c1ccccc1. The summed E-state index contributed by atoms with van der Waals surface area (Å²) in [6.07, 6.45) is 3.23. The van der Waals surface area contributed by atoms with E-state index in [1.54, 1.807) is 0 Å². The van der Waals surface area contributed by atoms with Crippen LogP contribution < -0.4 is 10.6 Å². The highest BCUT2D eigenvalue weighted by atomic mass is 35.5. The number of hydrogen-bond donors (Lipinski definition) is 2. The summed E-state index contributed by atoms with van der Waals surface area (Å²) in [5.41, 5.74) is 2.34. The molecule has 1 saturated heterocycles. The highest BCUT2D eigenvalue weighted by Gasteiger charge is 2.17. The Morgan fingerprint density at radius 3 is 2.42 bits per heavy atom. The van der Waals surface area contributed by atoms with Crippen molar-refractivity contribution in [3.8, 4) is 0 Å². The minimum atomic E-state index is -0.0272. The van der Waals surface area contributed by atoms with Crippen LogP contribution in [-0.4, -0.2) is 31.7 Å². The molecule has 2 atom stereocenters. The van der Waals surface area contributed by atoms with Gasteiger partial charge in [-0.05, 0) is 30.4 Å². The van der Waals surface area contributed by atoms with Crippen molar-refractivity contribution < 1.29 is 9.53 Å². The maximum absolute atomic E-state index is 12.4. The van der Waals surface area contributed by atoms with Crippen molar-refractivity contribution in [2.45, 2.75) is 31.4 Å². The monoisotopic (exact) mass is 374 g/mol. The van der Waals surface area contributed by atoms with Gasteiger partial charge in [0.2, 0.25) is 5.91 Å². The highest BCUT2D eigenvalue weighted by molar-refractivity contribution is 5.85. The number of halogens is 1. The van der Waals surface area contributed by atoms with Gasteiger partial charge < -0.3 is 15.4 Å². The highest BCUT2D eigenvalue weighted by Crippen LogP contribution is 2.18. The van der Waals surface area contributed by atoms with Crippen molar-refractivity contribution in [1.29, 1.82) is 0 Å². The summed E-state index contributed by atoms with van der Waals surface area (Å²) in [5, 5.41) is 6.38. The third kappa shape index (κ3) is 6.45. The first-order chi connectivity index (χ1) is 12.3. The molecule has 4 nitrogen and oxygen atoms in total. The summed E-state index contributed by atoms with van der Waals surface area (Å²) in [6, 6.07) is 20.4. The second-order valence-electron chi connectivity index (χ2n) is 6.49. The van der Waals surface area contributed by atoms with E-state index in [0.717, 1.165) is 38.0 Å². The van der Waals surface area contributed by atoms with E-state index in [4.69, 9.17) is 4.74 Å². The Kier molecular flexibility index (Phi) is 8.62. The third-order valence-electron chi connectivity index (χ3n) is 4.50. The maximum Gasteiger partial charge on any atom is 0.234 e. The average Bonchev–Trinajstić information content (AvgIpc) is 3.16. The van der Waals surface area contributed by atoms with Crippen LogP contribution in [0.25, 0.3) is 0 Å². The number of carbonyl (C=O) groups excluding carboxylic acids is 1. The molecule has 0 bridgehead atoms. The summed E-state index contributed by atoms with van der Waals surface area (Å²) in [4.78, 5) is 12.4. The van der Waals surface area contributed by atoms with Gasteiger partial charge >= 0.3 is 0 Å². The van der Waals surface area contributed by atoms with Gasteiger partial charge in [0.25, 0.3) is 0 Å². The number of benzene rings is 2. The molecule has 0 spiro atoms. The van der Waals surface area contributed by atoms with Crippen molar-refractivity contribution in [1.82, 2.24) is 10.6 Å². The number of ether oxygens (including phenoxy) is 1. The predicted molar refractivity (Wildman–Crippen MR) is 107 cm³/mol. The second kappa shape index (κ2) is 11.0. The van der Waals surface area contributed by atoms with Gasteiger partial charge in [-0.1, -0.05) is 60.7 Å². The smallest absolute Gasteiger partial charge is 0.234 e. The van der Waals surface area contributed by atoms with Gasteiger partial charge in [-0.15, -0.1) is 12.4 Å². The zero-order valence-corrected chi connectivity index (χ0v) is 15.7. The molecule has 26 heavy (non-hydrogen) atoms. The number of nitrogens with one attached hydrogen (secondary N) is 2. The van der Waals surface area contributed by atoms with Crippen molar-refractivity contribution in [3.63, 3.8) is 0 Å². The van der Waals surface area contributed by atoms with Gasteiger partial charge in [-0.3, -0.25) is 4.79 Å². The zero-order chi connectivity index (χ0) is 17.3. The molecule has 0 saturated carbocycles. The number of carbonyl (C=O) groups is 1. The Morgan fingerprint density at radius 1 is 1.08 bits per heavy atom. The Morgan fingerprint density at radius 2 is 1.77 bits per heavy atom. The van der Waals surface area contributed by atoms with Crippen LogP contribution in [0.1, 0.15) is 30.0 Å². The van der Waals surface area contributed by atoms with Gasteiger partial charge in [0.1, 0.15) is 0 Å². The molecule has 1 aliphatic rings. The second-order valence-corrected chi connectivity index (χ2v) is 6.49. The van der Waals surface area contributed by atoms with Gasteiger partial charge in [-0.25, -0.2) is 0 Å². The van der Waals surface area contributed by atoms with E-state index in [0.29, 0.717) is 6.54 Å². The molecule has 1 heterocycles. The first kappa shape index (κ1) is 20.4. The van der Waals surface area contributed by atoms with Crippen LogP contribution in [0.4, 0.5) is 0 Å². The molecule has 0 radical (unpaired) electrons. The fourth-order valence-electron chi connectivity index (χ4n) is 3.18. The molecule has 1 aliphatic heterocycles. The molecule has 1 amide bonds. The Labute approximate surface area is 161 Å². The maximum atomic E-state index is 12.4. The largest absolute Gasteiger partial charge is 0.377 e. The van der Waals surface area contributed by atoms with E-state index < -0.39 is 0 Å². The van der Waals surface area contributed by atoms with Gasteiger partial charge in [-0.2, -0.15) is 0 Å². The van der Waals surface area contributed by atoms with E-state index in [1.165, 1.54) is 5.56 Å². The molecular weight excluding hydrogens is 348 g/mol. The van der Waals surface area contributed by atoms with Crippen LogP contribution in [0.2, 0.25) is 0 Å². The topological polar surface area (TPSA) is 50.4 Å². The van der Waals surface area contributed by atoms with Crippen molar-refractivity contribution in [3.05, 3.63) is 71.8 Å². The fraction of sp³-hybridized carbons (Fsp3) is 0.381. The van der Waals surface area contributed by atoms with Gasteiger partial charge in [0.05, 0.1) is 18.7 Å². The average molecular weight is 375 g/mol. The standard InChI is InChI=1S/C21H26N2O2.ClH/c24-21(16-22-15-19-12-7-13-25-19)23-20(18-10-5-2-6-11-18)14-17-8-3-1-4-9-17;/h1-6,8-11,19-20,22H,7,12-16H2,(H,23,24);1H. The van der Waals surface area contributed by atoms with Crippen molar-refractivity contribution >= 4 is 18.3 Å². The summed E-state index contributed by atoms with van der Waals surface area (Å²) >= 11 is 0. The van der Waals surface area contributed by atoms with E-state index in [1.807, 2.05) is 36.4 Å². The Bertz CT molecular complexity index is 646. The van der Waals surface area contributed by atoms with Crippen molar-refractivity contribution in [2.24, 2.45) is 0 Å². The normalized spacial score (nSPS) is 17.3. The van der Waals surface area contributed by atoms with Crippen LogP contribution in [0.15, 0.2) is 60.7 Å². The molecule has 2 aromatic carbocycles. The molecule has 140 valence electrons. The van der Waals surface area contributed by atoms with Gasteiger partial charge in [0, 0.05) is 13.2 Å². The lowest BCUT2D eigenvalue weighted by molar-refractivity contribution is -0.121. The van der Waals surface area contributed by atoms with Crippen LogP contribution in [0, 0.1) is 0 Å². The third-order valence-corrected chi connectivity index (χ3v) is 4.50. The lowest BCUT2D eigenvalue weighted by Crippen LogP contribution is -2.39. The van der Waals surface area contributed by atoms with Crippen LogP contribution >= 0.6 is 12.4 Å². The Hall–Kier alpha value is -1.88. The lowest BCUT2D eigenvalue weighted by Gasteiger charge is -2.20.